The monoisotopic (exact) mass is 292 g/mol. The Morgan fingerprint density at radius 1 is 1.50 bits per heavy atom. The van der Waals surface area contributed by atoms with Crippen molar-refractivity contribution in [2.24, 2.45) is 0 Å². The summed E-state index contributed by atoms with van der Waals surface area (Å²) in [6.45, 7) is 1.95. The molecular formula is C9H10BrClN2S. The molecule has 2 heterocycles. The van der Waals surface area contributed by atoms with Crippen molar-refractivity contribution in [3.63, 3.8) is 0 Å². The highest BCUT2D eigenvalue weighted by molar-refractivity contribution is 9.10. The van der Waals surface area contributed by atoms with Crippen LogP contribution in [-0.2, 0) is 0 Å². The average Bonchev–Trinajstić information content (AvgIpc) is 2.66. The Morgan fingerprint density at radius 2 is 2.29 bits per heavy atom. The molecule has 0 bridgehead atoms. The molecule has 1 atom stereocenters. The molecule has 0 aliphatic carbocycles. The van der Waals surface area contributed by atoms with Crippen molar-refractivity contribution in [2.75, 3.05) is 5.75 Å². The van der Waals surface area contributed by atoms with Crippen LogP contribution in [0.15, 0.2) is 4.47 Å². The number of hydrogen-bond acceptors (Lipinski definition) is 3. The Balaban J connectivity index is 2.34. The Bertz CT molecular complexity index is 330. The van der Waals surface area contributed by atoms with Crippen LogP contribution in [0.2, 0.25) is 5.15 Å². The first kappa shape index (κ1) is 10.7. The number of aromatic nitrogens is 2. The fourth-order valence-electron chi connectivity index (χ4n) is 1.47. The first-order valence-corrected chi connectivity index (χ1v) is 6.71. The number of nitrogens with zero attached hydrogens (tertiary/aromatic N) is 2. The average molecular weight is 294 g/mol. The van der Waals surface area contributed by atoms with E-state index in [0.29, 0.717) is 10.4 Å². The van der Waals surface area contributed by atoms with E-state index in [1.54, 1.807) is 0 Å². The standard InChI is InChI=1S/C9H10BrClN2S/c1-5-7(10)8(11)13-9(12-5)6-3-2-4-14-6/h6H,2-4H2,1H3. The molecule has 76 valence electrons. The maximum atomic E-state index is 5.99. The highest BCUT2D eigenvalue weighted by Crippen LogP contribution is 2.39. The maximum absolute atomic E-state index is 5.99. The van der Waals surface area contributed by atoms with Crippen LogP contribution in [0, 0.1) is 6.92 Å². The third kappa shape index (κ3) is 2.07. The lowest BCUT2D eigenvalue weighted by molar-refractivity contribution is 0.770. The number of hydrogen-bond donors (Lipinski definition) is 0. The van der Waals surface area contributed by atoms with Crippen LogP contribution < -0.4 is 0 Å². The molecule has 1 fully saturated rings. The Kier molecular flexibility index (Phi) is 3.34. The van der Waals surface area contributed by atoms with Gasteiger partial charge in [0.1, 0.15) is 11.0 Å². The molecule has 0 radical (unpaired) electrons. The molecule has 1 aromatic rings. The van der Waals surface area contributed by atoms with Gasteiger partial charge < -0.3 is 0 Å². The van der Waals surface area contributed by atoms with Gasteiger partial charge >= 0.3 is 0 Å². The number of halogens is 2. The lowest BCUT2D eigenvalue weighted by Crippen LogP contribution is -2.01. The molecule has 0 aromatic carbocycles. The molecule has 1 saturated heterocycles. The van der Waals surface area contributed by atoms with Gasteiger partial charge in [0, 0.05) is 0 Å². The minimum atomic E-state index is 0.444. The number of thioether (sulfide) groups is 1. The fraction of sp³-hybridized carbons (Fsp3) is 0.556. The SMILES string of the molecule is Cc1nc(C2CCCS2)nc(Cl)c1Br. The molecule has 14 heavy (non-hydrogen) atoms. The van der Waals surface area contributed by atoms with Crippen molar-refractivity contribution < 1.29 is 0 Å². The third-order valence-electron chi connectivity index (χ3n) is 2.21. The van der Waals surface area contributed by atoms with Crippen molar-refractivity contribution in [1.29, 1.82) is 0 Å². The zero-order valence-corrected chi connectivity index (χ0v) is 10.9. The zero-order valence-electron chi connectivity index (χ0n) is 7.76. The van der Waals surface area contributed by atoms with Crippen molar-refractivity contribution in [3.8, 4) is 0 Å². The summed E-state index contributed by atoms with van der Waals surface area (Å²) in [4.78, 5) is 8.75. The van der Waals surface area contributed by atoms with E-state index in [9.17, 15) is 0 Å². The molecule has 5 heteroatoms. The summed E-state index contributed by atoms with van der Waals surface area (Å²) in [5.74, 6) is 2.10. The van der Waals surface area contributed by atoms with Crippen molar-refractivity contribution in [2.45, 2.75) is 25.0 Å². The highest BCUT2D eigenvalue weighted by Gasteiger charge is 2.21. The summed E-state index contributed by atoms with van der Waals surface area (Å²) in [5.41, 5.74) is 0.924. The lowest BCUT2D eigenvalue weighted by atomic mass is 10.2. The van der Waals surface area contributed by atoms with E-state index in [0.717, 1.165) is 16.0 Å². The van der Waals surface area contributed by atoms with Gasteiger partial charge in [-0.1, -0.05) is 11.6 Å². The summed E-state index contributed by atoms with van der Waals surface area (Å²) >= 11 is 11.3. The van der Waals surface area contributed by atoms with E-state index >= 15 is 0 Å². The second-order valence-electron chi connectivity index (χ2n) is 3.27. The van der Waals surface area contributed by atoms with E-state index in [2.05, 4.69) is 25.9 Å². The van der Waals surface area contributed by atoms with E-state index < -0.39 is 0 Å². The largest absolute Gasteiger partial charge is 0.236 e. The van der Waals surface area contributed by atoms with Gasteiger partial charge in [-0.3, -0.25) is 0 Å². The van der Waals surface area contributed by atoms with E-state index in [1.807, 2.05) is 18.7 Å². The second kappa shape index (κ2) is 4.37. The van der Waals surface area contributed by atoms with Gasteiger partial charge in [-0.25, -0.2) is 9.97 Å². The van der Waals surface area contributed by atoms with E-state index in [-0.39, 0.29) is 0 Å². The summed E-state index contributed by atoms with van der Waals surface area (Å²) < 4.78 is 0.811. The Labute approximate surface area is 101 Å². The van der Waals surface area contributed by atoms with Crippen LogP contribution in [0.5, 0.6) is 0 Å². The molecule has 1 unspecified atom stereocenters. The maximum Gasteiger partial charge on any atom is 0.147 e. The normalized spacial score (nSPS) is 21.5. The van der Waals surface area contributed by atoms with Crippen LogP contribution in [0.1, 0.15) is 29.6 Å². The number of rotatable bonds is 1. The fourth-order valence-corrected chi connectivity index (χ4v) is 3.08. The lowest BCUT2D eigenvalue weighted by Gasteiger charge is -2.09. The van der Waals surface area contributed by atoms with Gasteiger partial charge in [-0.05, 0) is 41.4 Å². The van der Waals surface area contributed by atoms with Crippen molar-refractivity contribution in [1.82, 2.24) is 9.97 Å². The van der Waals surface area contributed by atoms with Crippen LogP contribution in [0.4, 0.5) is 0 Å². The predicted molar refractivity (Wildman–Crippen MR) is 63.9 cm³/mol. The minimum absolute atomic E-state index is 0.444. The van der Waals surface area contributed by atoms with Crippen LogP contribution >= 0.6 is 39.3 Å². The van der Waals surface area contributed by atoms with Gasteiger partial charge in [0.05, 0.1) is 15.4 Å². The van der Waals surface area contributed by atoms with Crippen LogP contribution in [-0.4, -0.2) is 15.7 Å². The van der Waals surface area contributed by atoms with E-state index in [4.69, 9.17) is 11.6 Å². The molecule has 2 nitrogen and oxygen atoms in total. The Hall–Kier alpha value is 0.200. The van der Waals surface area contributed by atoms with Gasteiger partial charge in [-0.15, -0.1) is 0 Å². The highest BCUT2D eigenvalue weighted by atomic mass is 79.9. The first-order valence-electron chi connectivity index (χ1n) is 4.49. The molecule has 2 rings (SSSR count). The smallest absolute Gasteiger partial charge is 0.147 e. The van der Waals surface area contributed by atoms with Gasteiger partial charge in [-0.2, -0.15) is 11.8 Å². The summed E-state index contributed by atoms with van der Waals surface area (Å²) in [7, 11) is 0. The second-order valence-corrected chi connectivity index (χ2v) is 5.74. The molecule has 0 saturated carbocycles. The zero-order chi connectivity index (χ0) is 10.1. The van der Waals surface area contributed by atoms with Gasteiger partial charge in [0.15, 0.2) is 0 Å². The molecule has 1 aliphatic heterocycles. The van der Waals surface area contributed by atoms with Gasteiger partial charge in [0.2, 0.25) is 0 Å². The first-order chi connectivity index (χ1) is 6.68. The molecule has 1 aliphatic rings. The Morgan fingerprint density at radius 3 is 2.86 bits per heavy atom. The minimum Gasteiger partial charge on any atom is -0.236 e. The molecular weight excluding hydrogens is 284 g/mol. The summed E-state index contributed by atoms with van der Waals surface area (Å²) in [6, 6.07) is 0. The van der Waals surface area contributed by atoms with E-state index in [1.165, 1.54) is 18.6 Å². The molecule has 0 amide bonds. The molecule has 0 spiro atoms. The predicted octanol–water partition coefficient (Wildman–Crippen LogP) is 3.77. The van der Waals surface area contributed by atoms with Crippen LogP contribution in [0.3, 0.4) is 0 Å². The quantitative estimate of drug-likeness (QED) is 0.737. The number of aryl methyl sites for hydroxylation is 1. The topological polar surface area (TPSA) is 25.8 Å². The van der Waals surface area contributed by atoms with Gasteiger partial charge in [0.25, 0.3) is 0 Å². The molecule has 0 N–H and O–H groups in total. The summed E-state index contributed by atoms with van der Waals surface area (Å²) in [5, 5.41) is 0.972. The van der Waals surface area contributed by atoms with Crippen LogP contribution in [0.25, 0.3) is 0 Å². The van der Waals surface area contributed by atoms with Crippen molar-refractivity contribution in [3.05, 3.63) is 21.1 Å². The van der Waals surface area contributed by atoms with Crippen molar-refractivity contribution >= 4 is 39.3 Å². The third-order valence-corrected chi connectivity index (χ3v) is 5.04. The molecule has 1 aromatic heterocycles. The summed E-state index contributed by atoms with van der Waals surface area (Å²) in [6.07, 6.45) is 2.42.